The second-order valence-corrected chi connectivity index (χ2v) is 6.09. The fraction of sp³-hybridized carbons (Fsp3) is 0.429. The summed E-state index contributed by atoms with van der Waals surface area (Å²) < 4.78 is 0. The van der Waals surface area contributed by atoms with E-state index in [0.29, 0.717) is 0 Å². The third-order valence-electron chi connectivity index (χ3n) is 4.05. The van der Waals surface area contributed by atoms with Crippen molar-refractivity contribution >= 4 is 23.5 Å². The van der Waals surface area contributed by atoms with Crippen LogP contribution < -0.4 is 0 Å². The van der Waals surface area contributed by atoms with Gasteiger partial charge in [0.15, 0.2) is 0 Å². The van der Waals surface area contributed by atoms with E-state index >= 15 is 0 Å². The van der Waals surface area contributed by atoms with Crippen LogP contribution in [0.3, 0.4) is 0 Å². The lowest BCUT2D eigenvalue weighted by Crippen LogP contribution is -1.92. The van der Waals surface area contributed by atoms with E-state index < -0.39 is 0 Å². The van der Waals surface area contributed by atoms with Crippen molar-refractivity contribution in [2.45, 2.75) is 52.9 Å². The van der Waals surface area contributed by atoms with E-state index in [0.717, 1.165) is 23.5 Å². The maximum Gasteiger partial charge on any atom is 0.290 e. The summed E-state index contributed by atoms with van der Waals surface area (Å²) in [5, 5.41) is 8.11. The quantitative estimate of drug-likeness (QED) is 0.661. The predicted molar refractivity (Wildman–Crippen MR) is 102 cm³/mol. The molecule has 0 aliphatic carbocycles. The molecule has 0 fully saturated rings. The fourth-order valence-electron chi connectivity index (χ4n) is 2.71. The molecule has 130 valence electrons. The number of hydrogen-bond donors (Lipinski definition) is 1. The van der Waals surface area contributed by atoms with Gasteiger partial charge in [-0.2, -0.15) is 0 Å². The Morgan fingerprint density at radius 1 is 1.17 bits per heavy atom. The molecule has 1 aromatic heterocycles. The first-order valence-corrected chi connectivity index (χ1v) is 8.78. The Balaban J connectivity index is 0.000000891. The van der Waals surface area contributed by atoms with Crippen LogP contribution in [0.15, 0.2) is 36.4 Å². The standard InChI is InChI=1S/C20H27N.CH2O2/c1-4-8-16(3)9-6-7-10-17-11-12-18-13-14-19(5-2)21-20(18)15-17;2-1-3/h7,10-16H,4-6,8-9H2,1-3H3;1H,(H,2,3)/b10-7+;. The van der Waals surface area contributed by atoms with Crippen molar-refractivity contribution in [2.24, 2.45) is 5.92 Å². The molecule has 1 unspecified atom stereocenters. The Hall–Kier alpha value is -2.16. The maximum absolute atomic E-state index is 8.36. The van der Waals surface area contributed by atoms with Crippen LogP contribution in [0, 0.1) is 5.92 Å². The highest BCUT2D eigenvalue weighted by Gasteiger charge is 1.99. The third kappa shape index (κ3) is 6.95. The zero-order valence-corrected chi connectivity index (χ0v) is 15.0. The molecule has 3 nitrogen and oxygen atoms in total. The summed E-state index contributed by atoms with van der Waals surface area (Å²) in [5.74, 6) is 0.838. The number of carbonyl (C=O) groups is 1. The molecule has 3 heteroatoms. The smallest absolute Gasteiger partial charge is 0.290 e. The molecule has 1 N–H and O–H groups in total. The SMILES string of the molecule is CCCC(C)CC/C=C/c1ccc2ccc(CC)nc2c1.O=CO. The molecule has 2 rings (SSSR count). The average Bonchev–Trinajstić information content (AvgIpc) is 2.59. The van der Waals surface area contributed by atoms with E-state index in [1.165, 1.54) is 36.6 Å². The average molecular weight is 327 g/mol. The van der Waals surface area contributed by atoms with Gasteiger partial charge in [0.05, 0.1) is 5.52 Å². The summed E-state index contributed by atoms with van der Waals surface area (Å²) >= 11 is 0. The van der Waals surface area contributed by atoms with Crippen LogP contribution in [0.2, 0.25) is 0 Å². The fourth-order valence-corrected chi connectivity index (χ4v) is 2.71. The third-order valence-corrected chi connectivity index (χ3v) is 4.05. The summed E-state index contributed by atoms with van der Waals surface area (Å²) in [4.78, 5) is 13.1. The largest absolute Gasteiger partial charge is 0.483 e. The Bertz CT molecular complexity index is 649. The van der Waals surface area contributed by atoms with E-state index in [1.807, 2.05) is 0 Å². The summed E-state index contributed by atoms with van der Waals surface area (Å²) in [5.41, 5.74) is 3.53. The van der Waals surface area contributed by atoms with Crippen molar-refractivity contribution in [1.29, 1.82) is 0 Å². The van der Waals surface area contributed by atoms with Gasteiger partial charge in [0.25, 0.3) is 6.47 Å². The first kappa shape index (κ1) is 19.9. The molecule has 1 aromatic carbocycles. The normalized spacial score (nSPS) is 12.0. The molecule has 1 atom stereocenters. The second kappa shape index (κ2) is 11.4. The zero-order chi connectivity index (χ0) is 17.8. The summed E-state index contributed by atoms with van der Waals surface area (Å²) in [7, 11) is 0. The number of benzene rings is 1. The molecule has 0 saturated heterocycles. The minimum absolute atomic E-state index is 0.250. The van der Waals surface area contributed by atoms with Crippen LogP contribution in [0.4, 0.5) is 0 Å². The van der Waals surface area contributed by atoms with Gasteiger partial charge in [-0.1, -0.05) is 64.0 Å². The number of aromatic nitrogens is 1. The van der Waals surface area contributed by atoms with Gasteiger partial charge < -0.3 is 5.11 Å². The minimum Gasteiger partial charge on any atom is -0.483 e. The highest BCUT2D eigenvalue weighted by atomic mass is 16.3. The molecular formula is C21H29NO2. The lowest BCUT2D eigenvalue weighted by molar-refractivity contribution is -0.122. The van der Waals surface area contributed by atoms with Crippen molar-refractivity contribution in [3.8, 4) is 0 Å². The van der Waals surface area contributed by atoms with Crippen LogP contribution in [-0.4, -0.2) is 16.6 Å². The van der Waals surface area contributed by atoms with Gasteiger partial charge in [0, 0.05) is 11.1 Å². The van der Waals surface area contributed by atoms with Crippen molar-refractivity contribution in [3.63, 3.8) is 0 Å². The molecule has 0 aliphatic heterocycles. The van der Waals surface area contributed by atoms with Gasteiger partial charge in [-0.05, 0) is 42.9 Å². The molecule has 24 heavy (non-hydrogen) atoms. The molecule has 0 bridgehead atoms. The van der Waals surface area contributed by atoms with Crippen LogP contribution in [0.5, 0.6) is 0 Å². The zero-order valence-electron chi connectivity index (χ0n) is 15.0. The summed E-state index contributed by atoms with van der Waals surface area (Å²) in [6.45, 7) is 6.51. The van der Waals surface area contributed by atoms with Crippen molar-refractivity contribution in [2.75, 3.05) is 0 Å². The minimum atomic E-state index is -0.250. The van der Waals surface area contributed by atoms with E-state index in [-0.39, 0.29) is 6.47 Å². The first-order valence-electron chi connectivity index (χ1n) is 8.78. The van der Waals surface area contributed by atoms with Crippen LogP contribution >= 0.6 is 0 Å². The molecule has 1 heterocycles. The van der Waals surface area contributed by atoms with Gasteiger partial charge >= 0.3 is 0 Å². The Morgan fingerprint density at radius 3 is 2.54 bits per heavy atom. The lowest BCUT2D eigenvalue weighted by atomic mass is 10.00. The van der Waals surface area contributed by atoms with Crippen LogP contribution in [0.25, 0.3) is 17.0 Å². The maximum atomic E-state index is 8.36. The Labute approximate surface area is 145 Å². The Kier molecular flexibility index (Phi) is 9.44. The number of rotatable bonds is 7. The highest BCUT2D eigenvalue weighted by Crippen LogP contribution is 2.17. The molecule has 0 radical (unpaired) electrons. The van der Waals surface area contributed by atoms with Gasteiger partial charge in [-0.15, -0.1) is 0 Å². The number of pyridine rings is 1. The monoisotopic (exact) mass is 327 g/mol. The lowest BCUT2D eigenvalue weighted by Gasteiger charge is -2.06. The van der Waals surface area contributed by atoms with E-state index in [1.54, 1.807) is 0 Å². The van der Waals surface area contributed by atoms with Crippen LogP contribution in [-0.2, 0) is 11.2 Å². The van der Waals surface area contributed by atoms with E-state index in [9.17, 15) is 0 Å². The highest BCUT2D eigenvalue weighted by molar-refractivity contribution is 5.81. The van der Waals surface area contributed by atoms with Crippen molar-refractivity contribution < 1.29 is 9.90 Å². The van der Waals surface area contributed by atoms with Gasteiger partial charge in [0.2, 0.25) is 0 Å². The van der Waals surface area contributed by atoms with Crippen molar-refractivity contribution in [3.05, 3.63) is 47.7 Å². The number of aryl methyl sites for hydroxylation is 1. The first-order chi connectivity index (χ1) is 11.6. The van der Waals surface area contributed by atoms with E-state index in [2.05, 4.69) is 63.3 Å². The second-order valence-electron chi connectivity index (χ2n) is 6.09. The topological polar surface area (TPSA) is 50.2 Å². The molecule has 2 aromatic rings. The predicted octanol–water partition coefficient (Wildman–Crippen LogP) is 5.73. The number of nitrogens with zero attached hydrogens (tertiary/aromatic N) is 1. The van der Waals surface area contributed by atoms with Gasteiger partial charge in [-0.3, -0.25) is 9.78 Å². The van der Waals surface area contributed by atoms with Crippen molar-refractivity contribution in [1.82, 2.24) is 4.98 Å². The number of carboxylic acid groups (broad SMARTS) is 1. The number of allylic oxidation sites excluding steroid dienone is 1. The molecular weight excluding hydrogens is 298 g/mol. The van der Waals surface area contributed by atoms with Gasteiger partial charge in [-0.25, -0.2) is 0 Å². The van der Waals surface area contributed by atoms with E-state index in [4.69, 9.17) is 14.9 Å². The molecule has 0 aliphatic rings. The van der Waals surface area contributed by atoms with Crippen LogP contribution in [0.1, 0.15) is 57.7 Å². The number of hydrogen-bond acceptors (Lipinski definition) is 2. The molecule has 0 amide bonds. The Morgan fingerprint density at radius 2 is 1.88 bits per heavy atom. The summed E-state index contributed by atoms with van der Waals surface area (Å²) in [6, 6.07) is 10.8. The number of fused-ring (bicyclic) bond motifs is 1. The van der Waals surface area contributed by atoms with Gasteiger partial charge in [0.1, 0.15) is 0 Å². The molecule has 0 saturated carbocycles. The molecule has 0 spiro atoms. The summed E-state index contributed by atoms with van der Waals surface area (Å²) in [6.07, 6.45) is 10.6.